The van der Waals surface area contributed by atoms with Crippen LogP contribution in [0.3, 0.4) is 0 Å². The topological polar surface area (TPSA) is 40.6 Å². The highest BCUT2D eigenvalue weighted by molar-refractivity contribution is 6.00. The van der Waals surface area contributed by atoms with Crippen LogP contribution in [0.2, 0.25) is 0 Å². The minimum Gasteiger partial charge on any atom is -0.336 e. The van der Waals surface area contributed by atoms with Crippen LogP contribution < -0.4 is 4.90 Å². The number of benzene rings is 2. The summed E-state index contributed by atoms with van der Waals surface area (Å²) in [5.74, 6) is -2.52. The molecule has 0 spiro atoms. The Morgan fingerprint density at radius 2 is 1.89 bits per heavy atom. The van der Waals surface area contributed by atoms with Crippen molar-refractivity contribution in [2.45, 2.75) is 32.9 Å². The minimum atomic E-state index is -0.804. The Kier molecular flexibility index (Phi) is 5.54. The number of amides is 2. The number of anilines is 1. The van der Waals surface area contributed by atoms with Crippen LogP contribution in [0.4, 0.5) is 14.5 Å². The average molecular weight is 372 g/mol. The fraction of sp³-hybridized carbons (Fsp3) is 0.333. The number of nitrogens with zero attached hydrogens (tertiary/aromatic N) is 2. The highest BCUT2D eigenvalue weighted by Crippen LogP contribution is 2.29. The van der Waals surface area contributed by atoms with Crippen molar-refractivity contribution in [1.29, 1.82) is 0 Å². The first-order valence-corrected chi connectivity index (χ1v) is 8.96. The van der Waals surface area contributed by atoms with E-state index >= 15 is 0 Å². The molecule has 4 nitrogen and oxygen atoms in total. The lowest BCUT2D eigenvalue weighted by molar-refractivity contribution is -0.138. The summed E-state index contributed by atoms with van der Waals surface area (Å²) in [6, 6.07) is 12.7. The lowest BCUT2D eigenvalue weighted by Crippen LogP contribution is -2.41. The summed E-state index contributed by atoms with van der Waals surface area (Å²) >= 11 is 0. The Bertz CT molecular complexity index is 839. The zero-order valence-corrected chi connectivity index (χ0v) is 15.4. The smallest absolute Gasteiger partial charge is 0.228 e. The Hall–Kier alpha value is -2.76. The summed E-state index contributed by atoms with van der Waals surface area (Å²) in [4.78, 5) is 28.4. The van der Waals surface area contributed by atoms with Crippen LogP contribution in [-0.2, 0) is 16.1 Å². The van der Waals surface area contributed by atoms with Crippen LogP contribution in [0.15, 0.2) is 48.5 Å². The van der Waals surface area contributed by atoms with E-state index in [9.17, 15) is 18.4 Å². The second-order valence-corrected chi connectivity index (χ2v) is 7.05. The third-order valence-corrected chi connectivity index (χ3v) is 4.78. The van der Waals surface area contributed by atoms with Gasteiger partial charge in [-0.2, -0.15) is 0 Å². The van der Waals surface area contributed by atoms with Crippen LogP contribution in [0.1, 0.15) is 25.8 Å². The fourth-order valence-electron chi connectivity index (χ4n) is 3.34. The largest absolute Gasteiger partial charge is 0.336 e. The maximum Gasteiger partial charge on any atom is 0.228 e. The summed E-state index contributed by atoms with van der Waals surface area (Å²) in [7, 11) is 0. The molecule has 1 aliphatic heterocycles. The van der Waals surface area contributed by atoms with Crippen molar-refractivity contribution >= 4 is 17.5 Å². The fourth-order valence-corrected chi connectivity index (χ4v) is 3.34. The number of carbonyl (C=O) groups is 2. The molecule has 2 amide bonds. The van der Waals surface area contributed by atoms with Crippen molar-refractivity contribution in [2.24, 2.45) is 5.92 Å². The second-order valence-electron chi connectivity index (χ2n) is 7.05. The van der Waals surface area contributed by atoms with E-state index in [1.54, 1.807) is 4.90 Å². The zero-order chi connectivity index (χ0) is 19.6. The van der Waals surface area contributed by atoms with E-state index in [1.165, 1.54) is 11.0 Å². The molecule has 1 saturated heterocycles. The Morgan fingerprint density at radius 3 is 2.52 bits per heavy atom. The minimum absolute atomic E-state index is 0.0101. The van der Waals surface area contributed by atoms with Crippen molar-refractivity contribution in [3.05, 3.63) is 65.7 Å². The summed E-state index contributed by atoms with van der Waals surface area (Å²) < 4.78 is 27.2. The van der Waals surface area contributed by atoms with Crippen LogP contribution in [0.25, 0.3) is 0 Å². The summed E-state index contributed by atoms with van der Waals surface area (Å²) in [6.45, 7) is 4.40. The molecule has 1 fully saturated rings. The van der Waals surface area contributed by atoms with Gasteiger partial charge in [0, 0.05) is 31.6 Å². The number of carbonyl (C=O) groups excluding carboxylic acids is 2. The lowest BCUT2D eigenvalue weighted by atomic mass is 10.1. The standard InChI is InChI=1S/C21H22F2N2O2/c1-14(2)24(12-15-6-4-3-5-7-15)21(27)16-10-20(26)25(13-16)19-9-8-17(22)11-18(19)23/h3-9,11,14,16H,10,12-13H2,1-2H3. The highest BCUT2D eigenvalue weighted by atomic mass is 19.1. The van der Waals surface area contributed by atoms with Crippen molar-refractivity contribution in [3.63, 3.8) is 0 Å². The molecule has 0 N–H and O–H groups in total. The zero-order valence-electron chi connectivity index (χ0n) is 15.4. The van der Waals surface area contributed by atoms with Crippen LogP contribution in [0.5, 0.6) is 0 Å². The first-order valence-electron chi connectivity index (χ1n) is 8.96. The number of hydrogen-bond acceptors (Lipinski definition) is 2. The molecule has 0 bridgehead atoms. The molecule has 1 heterocycles. The number of halogens is 2. The molecule has 142 valence electrons. The first-order chi connectivity index (χ1) is 12.9. The van der Waals surface area contributed by atoms with E-state index in [1.807, 2.05) is 44.2 Å². The summed E-state index contributed by atoms with van der Waals surface area (Å²) in [6.07, 6.45) is 0.0215. The van der Waals surface area contributed by atoms with Gasteiger partial charge < -0.3 is 9.80 Å². The molecule has 1 aliphatic rings. The molecule has 0 radical (unpaired) electrons. The van der Waals surface area contributed by atoms with E-state index < -0.39 is 17.6 Å². The van der Waals surface area contributed by atoms with Crippen LogP contribution in [0, 0.1) is 17.6 Å². The third kappa shape index (κ3) is 4.15. The molecule has 27 heavy (non-hydrogen) atoms. The summed E-state index contributed by atoms with van der Waals surface area (Å²) in [5.41, 5.74) is 1.01. The van der Waals surface area contributed by atoms with Gasteiger partial charge in [-0.25, -0.2) is 8.78 Å². The van der Waals surface area contributed by atoms with Crippen molar-refractivity contribution < 1.29 is 18.4 Å². The predicted molar refractivity (Wildman–Crippen MR) is 98.9 cm³/mol. The van der Waals surface area contributed by atoms with Gasteiger partial charge in [0.05, 0.1) is 11.6 Å². The maximum absolute atomic E-state index is 14.0. The van der Waals surface area contributed by atoms with Gasteiger partial charge in [-0.1, -0.05) is 30.3 Å². The van der Waals surface area contributed by atoms with Gasteiger partial charge in [0.2, 0.25) is 11.8 Å². The quantitative estimate of drug-likeness (QED) is 0.802. The van der Waals surface area contributed by atoms with Gasteiger partial charge in [-0.05, 0) is 31.5 Å². The maximum atomic E-state index is 14.0. The van der Waals surface area contributed by atoms with Crippen molar-refractivity contribution in [2.75, 3.05) is 11.4 Å². The second kappa shape index (κ2) is 7.86. The van der Waals surface area contributed by atoms with Gasteiger partial charge in [0.1, 0.15) is 11.6 Å². The monoisotopic (exact) mass is 372 g/mol. The van der Waals surface area contributed by atoms with E-state index in [-0.39, 0.29) is 36.5 Å². The average Bonchev–Trinajstić information content (AvgIpc) is 3.01. The molecule has 3 rings (SSSR count). The van der Waals surface area contributed by atoms with Gasteiger partial charge in [0.15, 0.2) is 0 Å². The Labute approximate surface area is 157 Å². The Morgan fingerprint density at radius 1 is 1.19 bits per heavy atom. The Balaban J connectivity index is 1.77. The molecule has 2 aromatic carbocycles. The summed E-state index contributed by atoms with van der Waals surface area (Å²) in [5, 5.41) is 0. The van der Waals surface area contributed by atoms with Crippen LogP contribution in [-0.4, -0.2) is 29.3 Å². The van der Waals surface area contributed by atoms with E-state index in [0.717, 1.165) is 17.7 Å². The lowest BCUT2D eigenvalue weighted by Gasteiger charge is -2.29. The third-order valence-electron chi connectivity index (χ3n) is 4.78. The molecule has 1 unspecified atom stereocenters. The predicted octanol–water partition coefficient (Wildman–Crippen LogP) is 3.75. The van der Waals surface area contributed by atoms with Crippen molar-refractivity contribution in [3.8, 4) is 0 Å². The van der Waals surface area contributed by atoms with E-state index in [2.05, 4.69) is 0 Å². The molecular weight excluding hydrogens is 350 g/mol. The van der Waals surface area contributed by atoms with Gasteiger partial charge >= 0.3 is 0 Å². The molecule has 0 aromatic heterocycles. The molecule has 0 aliphatic carbocycles. The normalized spacial score (nSPS) is 16.9. The van der Waals surface area contributed by atoms with E-state index in [4.69, 9.17) is 0 Å². The number of hydrogen-bond donors (Lipinski definition) is 0. The van der Waals surface area contributed by atoms with Crippen LogP contribution >= 0.6 is 0 Å². The molecule has 0 saturated carbocycles. The van der Waals surface area contributed by atoms with E-state index in [0.29, 0.717) is 6.54 Å². The number of rotatable bonds is 5. The first kappa shape index (κ1) is 19.0. The molecular formula is C21H22F2N2O2. The molecule has 6 heteroatoms. The van der Waals surface area contributed by atoms with Gasteiger partial charge in [0.25, 0.3) is 0 Å². The molecule has 1 atom stereocenters. The SMILES string of the molecule is CC(C)N(Cc1ccccc1)C(=O)C1CC(=O)N(c2ccc(F)cc2F)C1. The van der Waals surface area contributed by atoms with Crippen molar-refractivity contribution in [1.82, 2.24) is 4.90 Å². The highest BCUT2D eigenvalue weighted by Gasteiger charge is 2.38. The molecule has 2 aromatic rings. The van der Waals surface area contributed by atoms with Gasteiger partial charge in [-0.3, -0.25) is 9.59 Å². The van der Waals surface area contributed by atoms with Gasteiger partial charge in [-0.15, -0.1) is 0 Å².